The van der Waals surface area contributed by atoms with Gasteiger partial charge in [-0.05, 0) is 25.7 Å². The molecule has 1 aromatic carbocycles. The standard InChI is InChI=1S/C14H22N2O2S/c1-14(2,19-3)10-15-13(18)16-12(9-17)11-7-5-4-6-8-11/h4-8,12,17H,9-10H2,1-3H3,(H2,15,16,18). The van der Waals surface area contributed by atoms with Crippen LogP contribution in [0.1, 0.15) is 25.5 Å². The smallest absolute Gasteiger partial charge is 0.315 e. The molecule has 2 amide bonds. The number of urea groups is 1. The molecular formula is C14H22N2O2S. The number of amides is 2. The fourth-order valence-corrected chi connectivity index (χ4v) is 1.71. The van der Waals surface area contributed by atoms with Crippen LogP contribution < -0.4 is 10.6 Å². The molecule has 3 N–H and O–H groups in total. The molecule has 0 aliphatic carbocycles. The fourth-order valence-electron chi connectivity index (χ4n) is 1.49. The zero-order valence-electron chi connectivity index (χ0n) is 11.6. The SMILES string of the molecule is CSC(C)(C)CNC(=O)NC(CO)c1ccccc1. The lowest BCUT2D eigenvalue weighted by Crippen LogP contribution is -2.44. The van der Waals surface area contributed by atoms with Crippen LogP contribution in [0.4, 0.5) is 4.79 Å². The Hall–Kier alpha value is -1.20. The van der Waals surface area contributed by atoms with E-state index in [1.165, 1.54) is 0 Å². The van der Waals surface area contributed by atoms with Crippen molar-refractivity contribution in [2.75, 3.05) is 19.4 Å². The van der Waals surface area contributed by atoms with Gasteiger partial charge in [0.2, 0.25) is 0 Å². The molecule has 4 nitrogen and oxygen atoms in total. The van der Waals surface area contributed by atoms with Crippen LogP contribution in [0.3, 0.4) is 0 Å². The largest absolute Gasteiger partial charge is 0.394 e. The zero-order valence-corrected chi connectivity index (χ0v) is 12.5. The maximum absolute atomic E-state index is 11.8. The minimum absolute atomic E-state index is 0.00119. The lowest BCUT2D eigenvalue weighted by atomic mass is 10.1. The first-order chi connectivity index (χ1) is 8.98. The Balaban J connectivity index is 2.51. The number of hydrogen-bond acceptors (Lipinski definition) is 3. The van der Waals surface area contributed by atoms with Crippen LogP contribution in [0.2, 0.25) is 0 Å². The third kappa shape index (κ3) is 5.53. The van der Waals surface area contributed by atoms with Crippen LogP contribution in [0, 0.1) is 0 Å². The molecular weight excluding hydrogens is 260 g/mol. The second-order valence-corrected chi connectivity index (χ2v) is 6.45. The lowest BCUT2D eigenvalue weighted by Gasteiger charge is -2.23. The Labute approximate surface area is 119 Å². The van der Waals surface area contributed by atoms with E-state index in [4.69, 9.17) is 0 Å². The van der Waals surface area contributed by atoms with Crippen molar-refractivity contribution in [3.63, 3.8) is 0 Å². The number of thioether (sulfide) groups is 1. The van der Waals surface area contributed by atoms with Gasteiger partial charge in [0.15, 0.2) is 0 Å². The normalized spacial score (nSPS) is 12.8. The third-order valence-electron chi connectivity index (χ3n) is 2.92. The van der Waals surface area contributed by atoms with Crippen molar-refractivity contribution >= 4 is 17.8 Å². The minimum Gasteiger partial charge on any atom is -0.394 e. The van der Waals surface area contributed by atoms with E-state index in [0.717, 1.165) is 5.56 Å². The summed E-state index contributed by atoms with van der Waals surface area (Å²) in [6.45, 7) is 4.59. The maximum atomic E-state index is 11.8. The van der Waals surface area contributed by atoms with Crippen LogP contribution in [-0.4, -0.2) is 35.3 Å². The Bertz CT molecular complexity index is 396. The van der Waals surface area contributed by atoms with Gasteiger partial charge in [-0.3, -0.25) is 0 Å². The molecule has 1 aromatic rings. The Morgan fingerprint density at radius 1 is 1.37 bits per heavy atom. The lowest BCUT2D eigenvalue weighted by molar-refractivity contribution is 0.216. The number of hydrogen-bond donors (Lipinski definition) is 3. The molecule has 0 spiro atoms. The minimum atomic E-state index is -0.376. The summed E-state index contributed by atoms with van der Waals surface area (Å²) < 4.78 is -0.00119. The highest BCUT2D eigenvalue weighted by molar-refractivity contribution is 7.99. The van der Waals surface area contributed by atoms with E-state index in [1.54, 1.807) is 11.8 Å². The van der Waals surface area contributed by atoms with Crippen molar-refractivity contribution in [2.45, 2.75) is 24.6 Å². The molecule has 0 bridgehead atoms. The van der Waals surface area contributed by atoms with Crippen molar-refractivity contribution in [1.29, 1.82) is 0 Å². The van der Waals surface area contributed by atoms with Gasteiger partial charge in [-0.1, -0.05) is 30.3 Å². The van der Waals surface area contributed by atoms with Gasteiger partial charge in [-0.15, -0.1) is 0 Å². The molecule has 0 aromatic heterocycles. The Morgan fingerprint density at radius 3 is 2.53 bits per heavy atom. The second kappa shape index (κ2) is 7.40. The summed E-state index contributed by atoms with van der Waals surface area (Å²) in [5, 5.41) is 15.0. The predicted molar refractivity (Wildman–Crippen MR) is 80.4 cm³/mol. The summed E-state index contributed by atoms with van der Waals surface area (Å²) in [7, 11) is 0. The number of nitrogens with one attached hydrogen (secondary N) is 2. The first-order valence-corrected chi connectivity index (χ1v) is 7.46. The van der Waals surface area contributed by atoms with E-state index in [1.807, 2.05) is 36.6 Å². The van der Waals surface area contributed by atoms with Gasteiger partial charge in [0, 0.05) is 11.3 Å². The van der Waals surface area contributed by atoms with Crippen molar-refractivity contribution in [2.24, 2.45) is 0 Å². The topological polar surface area (TPSA) is 61.4 Å². The van der Waals surface area contributed by atoms with E-state index in [-0.39, 0.29) is 23.4 Å². The number of benzene rings is 1. The molecule has 0 radical (unpaired) electrons. The molecule has 5 heteroatoms. The number of carbonyl (C=O) groups excluding carboxylic acids is 1. The highest BCUT2D eigenvalue weighted by atomic mass is 32.2. The van der Waals surface area contributed by atoms with Crippen LogP contribution in [0.15, 0.2) is 30.3 Å². The summed E-state index contributed by atoms with van der Waals surface area (Å²) in [5.74, 6) is 0. The van der Waals surface area contributed by atoms with Gasteiger partial charge in [0.05, 0.1) is 12.6 Å². The number of rotatable bonds is 6. The van der Waals surface area contributed by atoms with Gasteiger partial charge in [-0.25, -0.2) is 4.79 Å². The number of aliphatic hydroxyl groups is 1. The van der Waals surface area contributed by atoms with Crippen molar-refractivity contribution in [3.05, 3.63) is 35.9 Å². The average Bonchev–Trinajstić information content (AvgIpc) is 2.43. The molecule has 0 saturated carbocycles. The molecule has 0 aliphatic heterocycles. The highest BCUT2D eigenvalue weighted by Crippen LogP contribution is 2.19. The first-order valence-electron chi connectivity index (χ1n) is 6.24. The van der Waals surface area contributed by atoms with E-state index in [9.17, 15) is 9.90 Å². The van der Waals surface area contributed by atoms with E-state index in [0.29, 0.717) is 6.54 Å². The van der Waals surface area contributed by atoms with Crippen LogP contribution in [-0.2, 0) is 0 Å². The molecule has 0 heterocycles. The van der Waals surface area contributed by atoms with Gasteiger partial charge < -0.3 is 15.7 Å². The first kappa shape index (κ1) is 15.9. The fraction of sp³-hybridized carbons (Fsp3) is 0.500. The van der Waals surface area contributed by atoms with Crippen LogP contribution in [0.25, 0.3) is 0 Å². The molecule has 106 valence electrons. The average molecular weight is 282 g/mol. The monoisotopic (exact) mass is 282 g/mol. The Kier molecular flexibility index (Phi) is 6.18. The molecule has 1 unspecified atom stereocenters. The predicted octanol–water partition coefficient (Wildman–Crippen LogP) is 2.16. The van der Waals surface area contributed by atoms with Crippen molar-refractivity contribution in [1.82, 2.24) is 10.6 Å². The second-order valence-electron chi connectivity index (χ2n) is 4.94. The highest BCUT2D eigenvalue weighted by Gasteiger charge is 2.18. The molecule has 1 rings (SSSR count). The molecule has 0 fully saturated rings. The molecule has 1 atom stereocenters. The summed E-state index contributed by atoms with van der Waals surface area (Å²) >= 11 is 1.70. The van der Waals surface area contributed by atoms with Crippen molar-refractivity contribution < 1.29 is 9.90 Å². The number of aliphatic hydroxyl groups excluding tert-OH is 1. The summed E-state index contributed by atoms with van der Waals surface area (Å²) in [5.41, 5.74) is 0.893. The summed E-state index contributed by atoms with van der Waals surface area (Å²) in [4.78, 5) is 11.8. The Morgan fingerprint density at radius 2 is 2.00 bits per heavy atom. The quantitative estimate of drug-likeness (QED) is 0.749. The van der Waals surface area contributed by atoms with Gasteiger partial charge in [0.1, 0.15) is 0 Å². The van der Waals surface area contributed by atoms with Crippen LogP contribution >= 0.6 is 11.8 Å². The van der Waals surface area contributed by atoms with Crippen LogP contribution in [0.5, 0.6) is 0 Å². The van der Waals surface area contributed by atoms with Gasteiger partial charge >= 0.3 is 6.03 Å². The van der Waals surface area contributed by atoms with Gasteiger partial charge in [0.25, 0.3) is 0 Å². The summed E-state index contributed by atoms with van der Waals surface area (Å²) in [6.07, 6.45) is 2.01. The van der Waals surface area contributed by atoms with Gasteiger partial charge in [-0.2, -0.15) is 11.8 Å². The zero-order chi connectivity index (χ0) is 14.3. The molecule has 0 aliphatic rings. The molecule has 19 heavy (non-hydrogen) atoms. The maximum Gasteiger partial charge on any atom is 0.315 e. The third-order valence-corrected chi connectivity index (χ3v) is 4.17. The van der Waals surface area contributed by atoms with E-state index >= 15 is 0 Å². The summed E-state index contributed by atoms with van der Waals surface area (Å²) in [6, 6.07) is 8.80. The van der Waals surface area contributed by atoms with E-state index in [2.05, 4.69) is 24.5 Å². The molecule has 0 saturated heterocycles. The van der Waals surface area contributed by atoms with Crippen molar-refractivity contribution in [3.8, 4) is 0 Å². The van der Waals surface area contributed by atoms with E-state index < -0.39 is 0 Å². The number of carbonyl (C=O) groups is 1.